The molecule has 10 aromatic rings. The lowest BCUT2D eigenvalue weighted by Gasteiger charge is -2.12. The second-order valence-electron chi connectivity index (χ2n) is 13.7. The third kappa shape index (κ3) is 6.16. The van der Waals surface area contributed by atoms with E-state index in [1.165, 1.54) is 33.0 Å². The smallest absolute Gasteiger partial charge is 0.164 e. The van der Waals surface area contributed by atoms with E-state index in [0.29, 0.717) is 17.5 Å². The molecule has 4 nitrogen and oxygen atoms in total. The second kappa shape index (κ2) is 13.8. The molecule has 10 rings (SSSR count). The molecule has 0 unspecified atom stereocenters. The molecule has 0 fully saturated rings. The topological polar surface area (TPSA) is 43.6 Å². The zero-order chi connectivity index (χ0) is 36.6. The first-order valence-corrected chi connectivity index (χ1v) is 18.5. The van der Waals surface area contributed by atoms with E-state index in [0.717, 1.165) is 44.5 Å². The lowest BCUT2D eigenvalue weighted by atomic mass is 9.99. The molecule has 0 saturated heterocycles. The van der Waals surface area contributed by atoms with Gasteiger partial charge >= 0.3 is 0 Å². The van der Waals surface area contributed by atoms with E-state index in [1.54, 1.807) is 0 Å². The fourth-order valence-corrected chi connectivity index (χ4v) is 7.52. The minimum atomic E-state index is 0.626. The molecule has 2 aromatic heterocycles. The Balaban J connectivity index is 1.09. The molecule has 0 bridgehead atoms. The van der Waals surface area contributed by atoms with Crippen molar-refractivity contribution in [2.75, 3.05) is 0 Å². The van der Waals surface area contributed by atoms with Crippen LogP contribution in [0.2, 0.25) is 0 Å². The molecular formula is C51H34N4. The van der Waals surface area contributed by atoms with Crippen LogP contribution in [-0.4, -0.2) is 19.5 Å². The normalized spacial score (nSPS) is 11.3. The Bertz CT molecular complexity index is 2950. The maximum absolute atomic E-state index is 5.14. The van der Waals surface area contributed by atoms with Crippen LogP contribution in [0.1, 0.15) is 0 Å². The monoisotopic (exact) mass is 702 g/mol. The summed E-state index contributed by atoms with van der Waals surface area (Å²) in [6, 6.07) is 72.3. The fourth-order valence-electron chi connectivity index (χ4n) is 7.52. The summed E-state index contributed by atoms with van der Waals surface area (Å²) in [6.45, 7) is 0. The molecule has 8 aromatic carbocycles. The van der Waals surface area contributed by atoms with Crippen molar-refractivity contribution >= 4 is 21.8 Å². The van der Waals surface area contributed by atoms with Gasteiger partial charge in [0, 0.05) is 33.2 Å². The van der Waals surface area contributed by atoms with Crippen LogP contribution in [0.4, 0.5) is 0 Å². The number of rotatable bonds is 7. The van der Waals surface area contributed by atoms with Crippen molar-refractivity contribution in [3.63, 3.8) is 0 Å². The highest BCUT2D eigenvalue weighted by Crippen LogP contribution is 2.36. The van der Waals surface area contributed by atoms with Gasteiger partial charge in [0.05, 0.1) is 11.0 Å². The van der Waals surface area contributed by atoms with E-state index in [1.807, 2.05) is 36.4 Å². The van der Waals surface area contributed by atoms with E-state index in [-0.39, 0.29) is 0 Å². The highest BCUT2D eigenvalue weighted by molar-refractivity contribution is 6.10. The van der Waals surface area contributed by atoms with E-state index >= 15 is 0 Å². The number of nitrogens with zero attached hydrogens (tertiary/aromatic N) is 4. The third-order valence-corrected chi connectivity index (χ3v) is 10.3. The van der Waals surface area contributed by atoms with E-state index < -0.39 is 0 Å². The molecule has 55 heavy (non-hydrogen) atoms. The van der Waals surface area contributed by atoms with Gasteiger partial charge < -0.3 is 4.57 Å². The van der Waals surface area contributed by atoms with Crippen LogP contribution >= 0.6 is 0 Å². The molecule has 0 aliphatic heterocycles. The highest BCUT2D eigenvalue weighted by Gasteiger charge is 2.17. The van der Waals surface area contributed by atoms with Crippen molar-refractivity contribution in [2.45, 2.75) is 0 Å². The molecule has 0 aliphatic rings. The van der Waals surface area contributed by atoms with Gasteiger partial charge in [0.2, 0.25) is 0 Å². The standard InChI is InChI=1S/C51H34N4/c1-4-14-35(15-5-1)39-20-12-21-40(32-39)37-26-29-44(30-27-37)55-47-25-11-10-24-45(47)46-31-28-43(34-48(46)55)51-53-49(38-18-8-3-9-19-38)52-50(54-51)42-23-13-22-41(33-42)36-16-6-2-7-17-36/h1-34H. The van der Waals surface area contributed by atoms with Gasteiger partial charge in [0.15, 0.2) is 17.5 Å². The molecule has 0 amide bonds. The Hall–Kier alpha value is -7.43. The number of para-hydroxylation sites is 1. The average molecular weight is 703 g/mol. The Morgan fingerprint density at radius 2 is 0.655 bits per heavy atom. The minimum absolute atomic E-state index is 0.626. The Labute approximate surface area is 319 Å². The second-order valence-corrected chi connectivity index (χ2v) is 13.7. The summed E-state index contributed by atoms with van der Waals surface area (Å²) in [5.74, 6) is 1.90. The predicted molar refractivity (Wildman–Crippen MR) is 227 cm³/mol. The SMILES string of the molecule is c1ccc(-c2cccc(-c3ccc(-n4c5ccccc5c5ccc(-c6nc(-c7ccccc7)nc(-c7cccc(-c8ccccc8)c7)n6)cc54)cc3)c2)cc1. The summed E-state index contributed by atoms with van der Waals surface area (Å²) in [5.41, 5.74) is 13.2. The number of aromatic nitrogens is 4. The summed E-state index contributed by atoms with van der Waals surface area (Å²) in [5, 5.41) is 2.37. The maximum atomic E-state index is 5.14. The average Bonchev–Trinajstić information content (AvgIpc) is 3.61. The zero-order valence-corrected chi connectivity index (χ0v) is 29.9. The van der Waals surface area contributed by atoms with Crippen LogP contribution in [0.25, 0.3) is 95.0 Å². The van der Waals surface area contributed by atoms with Gasteiger partial charge in [0.1, 0.15) is 0 Å². The van der Waals surface area contributed by atoms with Crippen LogP contribution in [0.3, 0.4) is 0 Å². The zero-order valence-electron chi connectivity index (χ0n) is 29.9. The van der Waals surface area contributed by atoms with Gasteiger partial charge in [-0.2, -0.15) is 0 Å². The molecule has 0 radical (unpaired) electrons. The van der Waals surface area contributed by atoms with Crippen molar-refractivity contribution in [2.24, 2.45) is 0 Å². The Morgan fingerprint density at radius 3 is 1.25 bits per heavy atom. The summed E-state index contributed by atoms with van der Waals surface area (Å²) >= 11 is 0. The fraction of sp³-hybridized carbons (Fsp3) is 0. The molecular weight excluding hydrogens is 669 g/mol. The van der Waals surface area contributed by atoms with Crippen LogP contribution in [0.5, 0.6) is 0 Å². The maximum Gasteiger partial charge on any atom is 0.164 e. The quantitative estimate of drug-likeness (QED) is 0.166. The van der Waals surface area contributed by atoms with Gasteiger partial charge in [-0.05, 0) is 69.8 Å². The van der Waals surface area contributed by atoms with E-state index in [9.17, 15) is 0 Å². The largest absolute Gasteiger partial charge is 0.309 e. The van der Waals surface area contributed by atoms with Gasteiger partial charge in [-0.15, -0.1) is 0 Å². The van der Waals surface area contributed by atoms with Crippen molar-refractivity contribution < 1.29 is 0 Å². The molecule has 0 saturated carbocycles. The molecule has 0 aliphatic carbocycles. The lowest BCUT2D eigenvalue weighted by molar-refractivity contribution is 1.07. The van der Waals surface area contributed by atoms with E-state index in [2.05, 4.69) is 174 Å². The van der Waals surface area contributed by atoms with Crippen molar-refractivity contribution in [1.29, 1.82) is 0 Å². The summed E-state index contributed by atoms with van der Waals surface area (Å²) in [4.78, 5) is 15.3. The highest BCUT2D eigenvalue weighted by atomic mass is 15.0. The van der Waals surface area contributed by atoms with Crippen LogP contribution in [0.15, 0.2) is 206 Å². The molecule has 258 valence electrons. The van der Waals surface area contributed by atoms with Gasteiger partial charge in [0.25, 0.3) is 0 Å². The third-order valence-electron chi connectivity index (χ3n) is 10.3. The van der Waals surface area contributed by atoms with Gasteiger partial charge in [-0.1, -0.05) is 170 Å². The molecule has 0 atom stereocenters. The van der Waals surface area contributed by atoms with Gasteiger partial charge in [-0.3, -0.25) is 0 Å². The summed E-state index contributed by atoms with van der Waals surface area (Å²) in [7, 11) is 0. The Morgan fingerprint density at radius 1 is 0.255 bits per heavy atom. The lowest BCUT2D eigenvalue weighted by Crippen LogP contribution is -2.00. The number of benzene rings is 8. The van der Waals surface area contributed by atoms with Crippen LogP contribution in [0, 0.1) is 0 Å². The molecule has 0 spiro atoms. The first-order chi connectivity index (χ1) is 27.2. The van der Waals surface area contributed by atoms with Crippen molar-refractivity contribution in [3.8, 4) is 73.2 Å². The molecule has 2 heterocycles. The summed E-state index contributed by atoms with van der Waals surface area (Å²) < 4.78 is 2.35. The number of hydrogen-bond acceptors (Lipinski definition) is 3. The van der Waals surface area contributed by atoms with E-state index in [4.69, 9.17) is 15.0 Å². The number of fused-ring (bicyclic) bond motifs is 3. The van der Waals surface area contributed by atoms with Crippen molar-refractivity contribution in [1.82, 2.24) is 19.5 Å². The predicted octanol–water partition coefficient (Wildman–Crippen LogP) is 13.0. The molecule has 4 heteroatoms. The molecule has 0 N–H and O–H groups in total. The Kier molecular flexibility index (Phi) is 8.12. The van der Waals surface area contributed by atoms with Crippen LogP contribution in [-0.2, 0) is 0 Å². The first kappa shape index (κ1) is 32.2. The number of hydrogen-bond donors (Lipinski definition) is 0. The van der Waals surface area contributed by atoms with Crippen molar-refractivity contribution in [3.05, 3.63) is 206 Å². The first-order valence-electron chi connectivity index (χ1n) is 18.5. The summed E-state index contributed by atoms with van der Waals surface area (Å²) in [6.07, 6.45) is 0. The minimum Gasteiger partial charge on any atom is -0.309 e. The van der Waals surface area contributed by atoms with Gasteiger partial charge in [-0.25, -0.2) is 15.0 Å². The van der Waals surface area contributed by atoms with Crippen LogP contribution < -0.4 is 0 Å².